The fourth-order valence-electron chi connectivity index (χ4n) is 2.25. The Kier molecular flexibility index (Phi) is 3.42. The summed E-state index contributed by atoms with van der Waals surface area (Å²) in [7, 11) is 0. The van der Waals surface area contributed by atoms with E-state index in [2.05, 4.69) is 10.1 Å². The van der Waals surface area contributed by atoms with Crippen molar-refractivity contribution in [3.8, 4) is 0 Å². The van der Waals surface area contributed by atoms with Gasteiger partial charge in [-0.1, -0.05) is 17.7 Å². The first-order valence-electron chi connectivity index (χ1n) is 6.44. The molecular formula is C15H14ClN3O. The van der Waals surface area contributed by atoms with Crippen LogP contribution in [0.5, 0.6) is 0 Å². The molecule has 1 N–H and O–H groups in total. The van der Waals surface area contributed by atoms with Crippen LogP contribution in [-0.4, -0.2) is 19.9 Å². The highest BCUT2D eigenvalue weighted by Crippen LogP contribution is 2.31. The van der Waals surface area contributed by atoms with E-state index in [-0.39, 0.29) is 0 Å². The zero-order chi connectivity index (χ0) is 14.1. The lowest BCUT2D eigenvalue weighted by Crippen LogP contribution is -2.01. The molecule has 2 heterocycles. The van der Waals surface area contributed by atoms with Crippen molar-refractivity contribution in [3.05, 3.63) is 59.0 Å². The maximum absolute atomic E-state index is 10.6. The highest BCUT2D eigenvalue weighted by molar-refractivity contribution is 6.35. The number of rotatable bonds is 3. The second-order valence-corrected chi connectivity index (χ2v) is 4.98. The van der Waals surface area contributed by atoms with E-state index in [4.69, 9.17) is 11.6 Å². The molecule has 4 nitrogen and oxygen atoms in total. The van der Waals surface area contributed by atoms with Gasteiger partial charge in [-0.15, -0.1) is 0 Å². The van der Waals surface area contributed by atoms with Crippen LogP contribution in [-0.2, 0) is 6.54 Å². The van der Waals surface area contributed by atoms with Gasteiger partial charge in [-0.05, 0) is 25.1 Å². The summed E-state index contributed by atoms with van der Waals surface area (Å²) in [6, 6.07) is 7.33. The summed E-state index contributed by atoms with van der Waals surface area (Å²) in [5.74, 6) is 0. The first kappa shape index (κ1) is 13.1. The van der Waals surface area contributed by atoms with Crippen molar-refractivity contribution in [2.45, 2.75) is 19.6 Å². The highest BCUT2D eigenvalue weighted by Gasteiger charge is 2.17. The predicted octanol–water partition coefficient (Wildman–Crippen LogP) is 3.19. The van der Waals surface area contributed by atoms with E-state index in [1.54, 1.807) is 23.1 Å². The van der Waals surface area contributed by atoms with Gasteiger partial charge in [0.15, 0.2) is 0 Å². The van der Waals surface area contributed by atoms with Crippen LogP contribution in [0.15, 0.2) is 42.9 Å². The quantitative estimate of drug-likeness (QED) is 0.805. The largest absolute Gasteiger partial charge is 0.383 e. The van der Waals surface area contributed by atoms with E-state index in [0.717, 1.165) is 28.6 Å². The zero-order valence-electron chi connectivity index (χ0n) is 11.0. The number of benzene rings is 1. The Morgan fingerprint density at radius 3 is 2.95 bits per heavy atom. The van der Waals surface area contributed by atoms with E-state index in [9.17, 15) is 5.11 Å². The molecule has 0 amide bonds. The standard InChI is InChI=1S/C15H14ClN3O/c1-2-19-9-10(8-18-19)15(20)12-5-6-13(16)11-4-3-7-17-14(11)12/h3-9,15,20H,2H2,1H3. The van der Waals surface area contributed by atoms with Crippen LogP contribution in [0.2, 0.25) is 5.02 Å². The smallest absolute Gasteiger partial charge is 0.109 e. The molecule has 5 heteroatoms. The van der Waals surface area contributed by atoms with Crippen molar-refractivity contribution in [2.24, 2.45) is 0 Å². The Labute approximate surface area is 121 Å². The van der Waals surface area contributed by atoms with Gasteiger partial charge in [0, 0.05) is 40.5 Å². The second-order valence-electron chi connectivity index (χ2n) is 4.57. The number of hydrogen-bond donors (Lipinski definition) is 1. The predicted molar refractivity (Wildman–Crippen MR) is 78.7 cm³/mol. The van der Waals surface area contributed by atoms with Crippen LogP contribution < -0.4 is 0 Å². The van der Waals surface area contributed by atoms with Gasteiger partial charge >= 0.3 is 0 Å². The molecule has 3 aromatic rings. The van der Waals surface area contributed by atoms with E-state index in [1.807, 2.05) is 31.3 Å². The number of aliphatic hydroxyl groups is 1. The van der Waals surface area contributed by atoms with Crippen LogP contribution in [0, 0.1) is 0 Å². The molecule has 0 aliphatic carbocycles. The average molecular weight is 288 g/mol. The van der Waals surface area contributed by atoms with Gasteiger partial charge in [0.05, 0.1) is 11.7 Å². The van der Waals surface area contributed by atoms with Crippen LogP contribution >= 0.6 is 11.6 Å². The summed E-state index contributed by atoms with van der Waals surface area (Å²) in [4.78, 5) is 4.34. The topological polar surface area (TPSA) is 50.9 Å². The van der Waals surface area contributed by atoms with E-state index in [0.29, 0.717) is 5.02 Å². The van der Waals surface area contributed by atoms with Crippen molar-refractivity contribution in [3.63, 3.8) is 0 Å². The van der Waals surface area contributed by atoms with E-state index in [1.165, 1.54) is 0 Å². The molecule has 0 saturated heterocycles. The summed E-state index contributed by atoms with van der Waals surface area (Å²) >= 11 is 6.17. The number of hydrogen-bond acceptors (Lipinski definition) is 3. The van der Waals surface area contributed by atoms with Crippen LogP contribution in [0.25, 0.3) is 10.9 Å². The maximum atomic E-state index is 10.6. The monoisotopic (exact) mass is 287 g/mol. The molecule has 0 spiro atoms. The molecule has 2 aromatic heterocycles. The molecule has 0 radical (unpaired) electrons. The minimum atomic E-state index is -0.759. The second kappa shape index (κ2) is 5.23. The van der Waals surface area contributed by atoms with Gasteiger partial charge in [-0.3, -0.25) is 9.67 Å². The first-order valence-corrected chi connectivity index (χ1v) is 6.82. The molecule has 0 aliphatic heterocycles. The van der Waals surface area contributed by atoms with E-state index < -0.39 is 6.10 Å². The molecule has 102 valence electrons. The molecule has 0 fully saturated rings. The van der Waals surface area contributed by atoms with Crippen molar-refractivity contribution >= 4 is 22.5 Å². The van der Waals surface area contributed by atoms with Crippen molar-refractivity contribution in [2.75, 3.05) is 0 Å². The summed E-state index contributed by atoms with van der Waals surface area (Å²) in [5, 5.41) is 16.2. The Morgan fingerprint density at radius 2 is 2.20 bits per heavy atom. The van der Waals surface area contributed by atoms with E-state index >= 15 is 0 Å². The van der Waals surface area contributed by atoms with Crippen molar-refractivity contribution in [1.29, 1.82) is 0 Å². The Hall–Kier alpha value is -1.91. The lowest BCUT2D eigenvalue weighted by Gasteiger charge is -2.12. The minimum Gasteiger partial charge on any atom is -0.383 e. The average Bonchev–Trinajstić information content (AvgIpc) is 2.96. The maximum Gasteiger partial charge on any atom is 0.109 e. The summed E-state index contributed by atoms with van der Waals surface area (Å²) in [6.45, 7) is 2.77. The number of fused-ring (bicyclic) bond motifs is 1. The fraction of sp³-hybridized carbons (Fsp3) is 0.200. The van der Waals surface area contributed by atoms with Gasteiger partial charge in [0.2, 0.25) is 0 Å². The molecule has 1 aromatic carbocycles. The fourth-order valence-corrected chi connectivity index (χ4v) is 2.47. The summed E-state index contributed by atoms with van der Waals surface area (Å²) in [6.07, 6.45) is 4.46. The molecule has 3 rings (SSSR count). The normalized spacial score (nSPS) is 12.8. The molecule has 0 aliphatic rings. The summed E-state index contributed by atoms with van der Waals surface area (Å²) in [5.41, 5.74) is 2.21. The van der Waals surface area contributed by atoms with Gasteiger partial charge in [-0.2, -0.15) is 5.10 Å². The molecule has 0 bridgehead atoms. The minimum absolute atomic E-state index is 0.633. The number of nitrogens with zero attached hydrogens (tertiary/aromatic N) is 3. The Balaban J connectivity index is 2.12. The number of halogens is 1. The molecule has 20 heavy (non-hydrogen) atoms. The lowest BCUT2D eigenvalue weighted by atomic mass is 10.0. The lowest BCUT2D eigenvalue weighted by molar-refractivity contribution is 0.221. The third-order valence-corrected chi connectivity index (χ3v) is 3.66. The molecular weight excluding hydrogens is 274 g/mol. The zero-order valence-corrected chi connectivity index (χ0v) is 11.7. The number of aliphatic hydroxyl groups excluding tert-OH is 1. The first-order chi connectivity index (χ1) is 9.70. The van der Waals surface area contributed by atoms with Gasteiger partial charge < -0.3 is 5.11 Å². The summed E-state index contributed by atoms with van der Waals surface area (Å²) < 4.78 is 1.78. The number of aromatic nitrogens is 3. The molecule has 1 atom stereocenters. The molecule has 1 unspecified atom stereocenters. The SMILES string of the molecule is CCn1cc(C(O)c2ccc(Cl)c3cccnc23)cn1. The Bertz CT molecular complexity index is 754. The third-order valence-electron chi connectivity index (χ3n) is 3.34. The van der Waals surface area contributed by atoms with Gasteiger partial charge in [0.1, 0.15) is 6.10 Å². The van der Waals surface area contributed by atoms with Gasteiger partial charge in [0.25, 0.3) is 0 Å². The molecule has 0 saturated carbocycles. The van der Waals surface area contributed by atoms with Crippen LogP contribution in [0.4, 0.5) is 0 Å². The Morgan fingerprint density at radius 1 is 1.35 bits per heavy atom. The highest BCUT2D eigenvalue weighted by atomic mass is 35.5. The van der Waals surface area contributed by atoms with Crippen molar-refractivity contribution in [1.82, 2.24) is 14.8 Å². The van der Waals surface area contributed by atoms with Crippen LogP contribution in [0.3, 0.4) is 0 Å². The van der Waals surface area contributed by atoms with Crippen LogP contribution in [0.1, 0.15) is 24.2 Å². The third kappa shape index (κ3) is 2.17. The number of pyridine rings is 1. The number of aryl methyl sites for hydroxylation is 1. The van der Waals surface area contributed by atoms with Crippen molar-refractivity contribution < 1.29 is 5.11 Å². The van der Waals surface area contributed by atoms with Gasteiger partial charge in [-0.25, -0.2) is 0 Å².